The number of benzene rings is 3. The molecule has 2 amide bonds. The minimum absolute atomic E-state index is 0.120. The Kier molecular flexibility index (Phi) is 5.53. The normalized spacial score (nSPS) is 13.7. The Hall–Kier alpha value is -3.93. The summed E-state index contributed by atoms with van der Waals surface area (Å²) >= 11 is 0. The Morgan fingerprint density at radius 3 is 2.28 bits per heavy atom. The van der Waals surface area contributed by atoms with Crippen molar-refractivity contribution in [1.29, 1.82) is 0 Å². The SMILES string of the molecule is COc1ccc(C)cc1NC1=C(c2ccc(C)cc2C)C(=O)N(c2cccc(F)c2)C1=O. The first-order chi connectivity index (χ1) is 15.3. The van der Waals surface area contributed by atoms with Crippen LogP contribution in [0, 0.1) is 26.6 Å². The highest BCUT2D eigenvalue weighted by atomic mass is 19.1. The van der Waals surface area contributed by atoms with Crippen LogP contribution in [-0.4, -0.2) is 18.9 Å². The molecule has 0 fully saturated rings. The summed E-state index contributed by atoms with van der Waals surface area (Å²) in [7, 11) is 1.54. The van der Waals surface area contributed by atoms with Gasteiger partial charge in [0, 0.05) is 0 Å². The fraction of sp³-hybridized carbons (Fsp3) is 0.154. The van der Waals surface area contributed by atoms with Gasteiger partial charge >= 0.3 is 0 Å². The number of imide groups is 1. The van der Waals surface area contributed by atoms with E-state index in [0.29, 0.717) is 17.0 Å². The van der Waals surface area contributed by atoms with Crippen LogP contribution in [0.2, 0.25) is 0 Å². The first-order valence-electron chi connectivity index (χ1n) is 10.2. The highest BCUT2D eigenvalue weighted by Crippen LogP contribution is 2.37. The number of hydrogen-bond donors (Lipinski definition) is 1. The molecule has 1 N–H and O–H groups in total. The topological polar surface area (TPSA) is 58.6 Å². The van der Waals surface area contributed by atoms with E-state index in [4.69, 9.17) is 4.74 Å². The largest absolute Gasteiger partial charge is 0.495 e. The van der Waals surface area contributed by atoms with Gasteiger partial charge in [-0.1, -0.05) is 35.9 Å². The number of rotatable bonds is 5. The van der Waals surface area contributed by atoms with Crippen LogP contribution in [0.5, 0.6) is 5.75 Å². The summed E-state index contributed by atoms with van der Waals surface area (Å²) in [6.45, 7) is 5.77. The van der Waals surface area contributed by atoms with Gasteiger partial charge in [0.05, 0.1) is 24.1 Å². The van der Waals surface area contributed by atoms with Crippen LogP contribution in [-0.2, 0) is 9.59 Å². The predicted molar refractivity (Wildman–Crippen MR) is 123 cm³/mol. The van der Waals surface area contributed by atoms with Crippen LogP contribution in [0.3, 0.4) is 0 Å². The second-order valence-corrected chi connectivity index (χ2v) is 7.82. The third kappa shape index (κ3) is 3.75. The van der Waals surface area contributed by atoms with Gasteiger partial charge < -0.3 is 10.1 Å². The van der Waals surface area contributed by atoms with Crippen LogP contribution < -0.4 is 15.0 Å². The number of nitrogens with one attached hydrogen (secondary N) is 1. The molecule has 32 heavy (non-hydrogen) atoms. The van der Waals surface area contributed by atoms with Crippen molar-refractivity contribution in [2.24, 2.45) is 0 Å². The number of ether oxygens (including phenoxy) is 1. The Balaban J connectivity index is 1.90. The van der Waals surface area contributed by atoms with Crippen LogP contribution >= 0.6 is 0 Å². The molecule has 0 radical (unpaired) electrons. The maximum absolute atomic E-state index is 13.9. The van der Waals surface area contributed by atoms with E-state index in [1.807, 2.05) is 51.1 Å². The lowest BCUT2D eigenvalue weighted by Gasteiger charge is -2.16. The van der Waals surface area contributed by atoms with E-state index < -0.39 is 17.6 Å². The van der Waals surface area contributed by atoms with Gasteiger partial charge in [0.25, 0.3) is 11.8 Å². The quantitative estimate of drug-likeness (QED) is 0.569. The molecule has 0 aromatic heterocycles. The Bertz CT molecular complexity index is 1280. The molecule has 6 heteroatoms. The molecule has 0 saturated heterocycles. The van der Waals surface area contributed by atoms with E-state index in [2.05, 4.69) is 5.32 Å². The summed E-state index contributed by atoms with van der Waals surface area (Å²) in [5, 5.41) is 3.14. The lowest BCUT2D eigenvalue weighted by Crippen LogP contribution is -2.32. The van der Waals surface area contributed by atoms with Crippen molar-refractivity contribution in [3.63, 3.8) is 0 Å². The molecule has 4 rings (SSSR count). The number of nitrogens with zero attached hydrogens (tertiary/aromatic N) is 1. The number of carbonyl (C=O) groups is 2. The second kappa shape index (κ2) is 8.30. The van der Waals surface area contributed by atoms with Crippen molar-refractivity contribution in [1.82, 2.24) is 0 Å². The zero-order valence-corrected chi connectivity index (χ0v) is 18.3. The van der Waals surface area contributed by atoms with E-state index in [1.165, 1.54) is 31.4 Å². The van der Waals surface area contributed by atoms with Gasteiger partial charge in [0.15, 0.2) is 0 Å². The summed E-state index contributed by atoms with van der Waals surface area (Å²) < 4.78 is 19.3. The van der Waals surface area contributed by atoms with Gasteiger partial charge in [0.2, 0.25) is 0 Å². The molecule has 1 heterocycles. The summed E-state index contributed by atoms with van der Waals surface area (Å²) in [5.74, 6) is -1.06. The zero-order valence-electron chi connectivity index (χ0n) is 18.3. The van der Waals surface area contributed by atoms with E-state index >= 15 is 0 Å². The summed E-state index contributed by atoms with van der Waals surface area (Å²) in [6, 6.07) is 16.6. The maximum Gasteiger partial charge on any atom is 0.282 e. The number of aryl methyl sites for hydroxylation is 3. The number of carbonyl (C=O) groups excluding carboxylic acids is 2. The molecule has 0 saturated carbocycles. The summed E-state index contributed by atoms with van der Waals surface area (Å²) in [6.07, 6.45) is 0. The highest BCUT2D eigenvalue weighted by molar-refractivity contribution is 6.46. The third-order valence-corrected chi connectivity index (χ3v) is 5.42. The molecule has 0 atom stereocenters. The molecule has 0 bridgehead atoms. The number of hydrogen-bond acceptors (Lipinski definition) is 4. The molecule has 0 aliphatic carbocycles. The first kappa shape index (κ1) is 21.3. The molecule has 0 spiro atoms. The fourth-order valence-corrected chi connectivity index (χ4v) is 3.89. The molecular formula is C26H23FN2O3. The van der Waals surface area contributed by atoms with Crippen LogP contribution in [0.15, 0.2) is 66.4 Å². The first-order valence-corrected chi connectivity index (χ1v) is 10.2. The molecule has 3 aromatic rings. The van der Waals surface area contributed by atoms with Crippen molar-refractivity contribution in [2.45, 2.75) is 20.8 Å². The molecule has 3 aromatic carbocycles. The molecule has 1 aliphatic rings. The average molecular weight is 430 g/mol. The maximum atomic E-state index is 13.9. The summed E-state index contributed by atoms with van der Waals surface area (Å²) in [4.78, 5) is 28.0. The lowest BCUT2D eigenvalue weighted by atomic mass is 9.97. The van der Waals surface area contributed by atoms with Gasteiger partial charge in [-0.05, 0) is 67.8 Å². The third-order valence-electron chi connectivity index (χ3n) is 5.42. The minimum atomic E-state index is -0.556. The van der Waals surface area contributed by atoms with E-state index in [0.717, 1.165) is 21.6 Å². The van der Waals surface area contributed by atoms with Crippen molar-refractivity contribution in [2.75, 3.05) is 17.3 Å². The monoisotopic (exact) mass is 430 g/mol. The van der Waals surface area contributed by atoms with Gasteiger partial charge in [-0.3, -0.25) is 9.59 Å². The Morgan fingerprint density at radius 2 is 1.59 bits per heavy atom. The van der Waals surface area contributed by atoms with Crippen molar-refractivity contribution in [3.05, 3.63) is 94.4 Å². The molecule has 5 nitrogen and oxygen atoms in total. The predicted octanol–water partition coefficient (Wildman–Crippen LogP) is 5.16. The number of amides is 2. The molecule has 1 aliphatic heterocycles. The van der Waals surface area contributed by atoms with E-state index in [9.17, 15) is 14.0 Å². The van der Waals surface area contributed by atoms with Crippen LogP contribution in [0.25, 0.3) is 5.57 Å². The molecule has 162 valence electrons. The Morgan fingerprint density at radius 1 is 0.875 bits per heavy atom. The van der Waals surface area contributed by atoms with E-state index in [1.54, 1.807) is 6.07 Å². The number of halogens is 1. The van der Waals surface area contributed by atoms with E-state index in [-0.39, 0.29) is 17.0 Å². The smallest absolute Gasteiger partial charge is 0.282 e. The fourth-order valence-electron chi connectivity index (χ4n) is 3.89. The minimum Gasteiger partial charge on any atom is -0.495 e. The lowest BCUT2D eigenvalue weighted by molar-refractivity contribution is -0.120. The standard InChI is InChI=1S/C26H23FN2O3/c1-15-8-10-20(17(3)12-15)23-24(28-21-13-16(2)9-11-22(21)32-4)26(31)29(25(23)30)19-7-5-6-18(27)14-19/h5-14,28H,1-4H3. The van der Waals surface area contributed by atoms with Crippen LogP contribution in [0.4, 0.5) is 15.8 Å². The van der Waals surface area contributed by atoms with Gasteiger partial charge in [0.1, 0.15) is 17.3 Å². The summed E-state index contributed by atoms with van der Waals surface area (Å²) in [5.41, 5.74) is 4.60. The highest BCUT2D eigenvalue weighted by Gasteiger charge is 2.41. The number of methoxy groups -OCH3 is 1. The zero-order chi connectivity index (χ0) is 23.0. The van der Waals surface area contributed by atoms with Gasteiger partial charge in [-0.15, -0.1) is 0 Å². The van der Waals surface area contributed by atoms with Crippen molar-refractivity contribution < 1.29 is 18.7 Å². The van der Waals surface area contributed by atoms with Gasteiger partial charge in [-0.2, -0.15) is 0 Å². The Labute approximate surface area is 186 Å². The second-order valence-electron chi connectivity index (χ2n) is 7.82. The van der Waals surface area contributed by atoms with Crippen molar-refractivity contribution in [3.8, 4) is 5.75 Å². The molecular weight excluding hydrogens is 407 g/mol. The van der Waals surface area contributed by atoms with Crippen molar-refractivity contribution >= 4 is 28.8 Å². The average Bonchev–Trinajstić information content (AvgIpc) is 2.98. The molecule has 0 unspecified atom stereocenters. The number of anilines is 2. The van der Waals surface area contributed by atoms with Crippen LogP contribution in [0.1, 0.15) is 22.3 Å². The van der Waals surface area contributed by atoms with Gasteiger partial charge in [-0.25, -0.2) is 9.29 Å².